The van der Waals surface area contributed by atoms with Gasteiger partial charge in [-0.1, -0.05) is 30.7 Å². The monoisotopic (exact) mass is 296 g/mol. The van der Waals surface area contributed by atoms with Gasteiger partial charge < -0.3 is 0 Å². The lowest BCUT2D eigenvalue weighted by Gasteiger charge is -2.14. The highest BCUT2D eigenvalue weighted by Crippen LogP contribution is 2.24. The SMILES string of the molecule is CCc1cc(CC(CCl)c2ccc(Cl)cc2)n(C)n1. The minimum Gasteiger partial charge on any atom is -0.272 e. The van der Waals surface area contributed by atoms with Crippen LogP contribution in [0.2, 0.25) is 5.02 Å². The highest BCUT2D eigenvalue weighted by Gasteiger charge is 2.14. The van der Waals surface area contributed by atoms with Gasteiger partial charge in [-0.05, 0) is 36.6 Å². The molecule has 19 heavy (non-hydrogen) atoms. The Hall–Kier alpha value is -0.990. The molecule has 0 fully saturated rings. The molecule has 1 aromatic heterocycles. The second kappa shape index (κ2) is 6.44. The maximum absolute atomic E-state index is 6.12. The molecule has 0 aliphatic rings. The molecule has 0 radical (unpaired) electrons. The Morgan fingerprint density at radius 1 is 1.26 bits per heavy atom. The Bertz CT molecular complexity index is 532. The Morgan fingerprint density at radius 2 is 1.95 bits per heavy atom. The Balaban J connectivity index is 2.18. The van der Waals surface area contributed by atoms with E-state index in [0.717, 1.165) is 23.6 Å². The normalized spacial score (nSPS) is 12.6. The van der Waals surface area contributed by atoms with Crippen molar-refractivity contribution in [2.45, 2.75) is 25.7 Å². The smallest absolute Gasteiger partial charge is 0.0624 e. The Kier molecular flexibility index (Phi) is 4.89. The minimum absolute atomic E-state index is 0.291. The van der Waals surface area contributed by atoms with Crippen molar-refractivity contribution in [2.75, 3.05) is 5.88 Å². The molecule has 1 heterocycles. The molecule has 0 saturated carbocycles. The number of rotatable bonds is 5. The van der Waals surface area contributed by atoms with Crippen molar-refractivity contribution in [2.24, 2.45) is 7.05 Å². The molecule has 0 spiro atoms. The summed E-state index contributed by atoms with van der Waals surface area (Å²) in [6.07, 6.45) is 1.86. The number of aryl methyl sites for hydroxylation is 2. The summed E-state index contributed by atoms with van der Waals surface area (Å²) in [5, 5.41) is 5.23. The molecule has 0 bridgehead atoms. The van der Waals surface area contributed by atoms with Gasteiger partial charge in [0.2, 0.25) is 0 Å². The van der Waals surface area contributed by atoms with Gasteiger partial charge in [0.15, 0.2) is 0 Å². The van der Waals surface area contributed by atoms with Gasteiger partial charge in [-0.25, -0.2) is 0 Å². The van der Waals surface area contributed by atoms with Crippen molar-refractivity contribution in [3.05, 3.63) is 52.3 Å². The first-order valence-electron chi connectivity index (χ1n) is 6.47. The first-order valence-corrected chi connectivity index (χ1v) is 7.38. The average molecular weight is 297 g/mol. The number of hydrogen-bond acceptors (Lipinski definition) is 1. The first-order chi connectivity index (χ1) is 9.13. The summed E-state index contributed by atoms with van der Waals surface area (Å²) in [5.41, 5.74) is 3.57. The van der Waals surface area contributed by atoms with Gasteiger partial charge in [0, 0.05) is 29.6 Å². The van der Waals surface area contributed by atoms with Gasteiger partial charge in [-0.2, -0.15) is 5.10 Å². The van der Waals surface area contributed by atoms with Crippen molar-refractivity contribution in [1.29, 1.82) is 0 Å². The molecule has 1 atom stereocenters. The van der Waals surface area contributed by atoms with Crippen LogP contribution in [0.25, 0.3) is 0 Å². The van der Waals surface area contributed by atoms with Crippen LogP contribution in [0, 0.1) is 0 Å². The quantitative estimate of drug-likeness (QED) is 0.756. The highest BCUT2D eigenvalue weighted by molar-refractivity contribution is 6.30. The van der Waals surface area contributed by atoms with Crippen LogP contribution in [0.15, 0.2) is 30.3 Å². The molecular weight excluding hydrogens is 279 g/mol. The molecule has 4 heteroatoms. The van der Waals surface area contributed by atoms with Gasteiger partial charge in [-0.3, -0.25) is 4.68 Å². The van der Waals surface area contributed by atoms with Gasteiger partial charge in [-0.15, -0.1) is 11.6 Å². The molecule has 0 N–H and O–H groups in total. The number of nitrogens with zero attached hydrogens (tertiary/aromatic N) is 2. The van der Waals surface area contributed by atoms with Crippen LogP contribution in [0.3, 0.4) is 0 Å². The molecular formula is C15H18Cl2N2. The third-order valence-electron chi connectivity index (χ3n) is 3.37. The molecule has 0 amide bonds. The first kappa shape index (κ1) is 14.4. The van der Waals surface area contributed by atoms with Crippen molar-refractivity contribution >= 4 is 23.2 Å². The largest absolute Gasteiger partial charge is 0.272 e. The fraction of sp³-hybridized carbons (Fsp3) is 0.400. The second-order valence-corrected chi connectivity index (χ2v) is 5.46. The van der Waals surface area contributed by atoms with E-state index < -0.39 is 0 Å². The lowest BCUT2D eigenvalue weighted by Crippen LogP contribution is -2.08. The summed E-state index contributed by atoms with van der Waals surface area (Å²) in [7, 11) is 1.99. The van der Waals surface area contributed by atoms with E-state index in [0.29, 0.717) is 11.8 Å². The van der Waals surface area contributed by atoms with Crippen molar-refractivity contribution < 1.29 is 0 Å². The van der Waals surface area contributed by atoms with E-state index in [9.17, 15) is 0 Å². The maximum atomic E-state index is 6.12. The highest BCUT2D eigenvalue weighted by atomic mass is 35.5. The third-order valence-corrected chi connectivity index (χ3v) is 4.00. The van der Waals surface area contributed by atoms with Gasteiger partial charge in [0.05, 0.1) is 5.69 Å². The predicted octanol–water partition coefficient (Wildman–Crippen LogP) is 4.20. The number of aromatic nitrogens is 2. The van der Waals surface area contributed by atoms with Crippen LogP contribution in [0.5, 0.6) is 0 Å². The van der Waals surface area contributed by atoms with Gasteiger partial charge in [0.1, 0.15) is 0 Å². The molecule has 102 valence electrons. The zero-order valence-electron chi connectivity index (χ0n) is 11.2. The summed E-state index contributed by atoms with van der Waals surface area (Å²) >= 11 is 12.0. The van der Waals surface area contributed by atoms with Gasteiger partial charge >= 0.3 is 0 Å². The summed E-state index contributed by atoms with van der Waals surface area (Å²) in [4.78, 5) is 0. The second-order valence-electron chi connectivity index (χ2n) is 4.71. The summed E-state index contributed by atoms with van der Waals surface area (Å²) in [6, 6.07) is 10.1. The van der Waals surface area contributed by atoms with Crippen LogP contribution in [0.1, 0.15) is 29.8 Å². The molecule has 0 aliphatic heterocycles. The van der Waals surface area contributed by atoms with Crippen LogP contribution < -0.4 is 0 Å². The van der Waals surface area contributed by atoms with Crippen molar-refractivity contribution in [1.82, 2.24) is 9.78 Å². The molecule has 1 unspecified atom stereocenters. The molecule has 0 aliphatic carbocycles. The minimum atomic E-state index is 0.291. The fourth-order valence-corrected chi connectivity index (χ4v) is 2.60. The van der Waals surface area contributed by atoms with E-state index in [-0.39, 0.29) is 0 Å². The van der Waals surface area contributed by atoms with Crippen molar-refractivity contribution in [3.8, 4) is 0 Å². The molecule has 2 nitrogen and oxygen atoms in total. The standard InChI is InChI=1S/C15H18Cl2N2/c1-3-14-9-15(19(2)18-14)8-12(10-16)11-4-6-13(17)7-5-11/h4-7,9,12H,3,8,10H2,1-2H3. The Labute approximate surface area is 124 Å². The zero-order valence-corrected chi connectivity index (χ0v) is 12.7. The molecule has 0 saturated heterocycles. The number of hydrogen-bond donors (Lipinski definition) is 0. The Morgan fingerprint density at radius 3 is 2.47 bits per heavy atom. The number of halogens is 2. The zero-order chi connectivity index (χ0) is 13.8. The van der Waals surface area contributed by atoms with E-state index >= 15 is 0 Å². The van der Waals surface area contributed by atoms with E-state index in [1.807, 2.05) is 36.0 Å². The van der Waals surface area contributed by atoms with E-state index in [2.05, 4.69) is 18.1 Å². The van der Waals surface area contributed by atoms with E-state index in [4.69, 9.17) is 23.2 Å². The van der Waals surface area contributed by atoms with Crippen LogP contribution >= 0.6 is 23.2 Å². The van der Waals surface area contributed by atoms with Crippen LogP contribution in [0.4, 0.5) is 0 Å². The van der Waals surface area contributed by atoms with Gasteiger partial charge in [0.25, 0.3) is 0 Å². The molecule has 2 aromatic rings. The van der Waals surface area contributed by atoms with E-state index in [1.54, 1.807) is 0 Å². The fourth-order valence-electron chi connectivity index (χ4n) is 2.18. The van der Waals surface area contributed by atoms with Crippen LogP contribution in [-0.2, 0) is 19.9 Å². The third kappa shape index (κ3) is 3.52. The summed E-state index contributed by atoms with van der Waals surface area (Å²) in [5.74, 6) is 0.882. The average Bonchev–Trinajstić information content (AvgIpc) is 2.78. The summed E-state index contributed by atoms with van der Waals surface area (Å²) in [6.45, 7) is 2.12. The number of benzene rings is 1. The lowest BCUT2D eigenvalue weighted by atomic mass is 9.96. The van der Waals surface area contributed by atoms with Crippen molar-refractivity contribution in [3.63, 3.8) is 0 Å². The predicted molar refractivity (Wildman–Crippen MR) is 81.2 cm³/mol. The lowest BCUT2D eigenvalue weighted by molar-refractivity contribution is 0.655. The number of alkyl halides is 1. The van der Waals surface area contributed by atoms with E-state index in [1.165, 1.54) is 11.3 Å². The topological polar surface area (TPSA) is 17.8 Å². The molecule has 2 rings (SSSR count). The summed E-state index contributed by atoms with van der Waals surface area (Å²) < 4.78 is 1.95. The molecule has 1 aromatic carbocycles. The van der Waals surface area contributed by atoms with Crippen LogP contribution in [-0.4, -0.2) is 15.7 Å². The maximum Gasteiger partial charge on any atom is 0.0624 e.